The van der Waals surface area contributed by atoms with Crippen LogP contribution in [0.4, 0.5) is 23.3 Å². The zero-order valence-electron chi connectivity index (χ0n) is 8.58. The zero-order valence-corrected chi connectivity index (χ0v) is 8.58. The van der Waals surface area contributed by atoms with Crippen molar-refractivity contribution in [3.63, 3.8) is 0 Å². The Morgan fingerprint density at radius 3 is 2.18 bits per heavy atom. The lowest BCUT2D eigenvalue weighted by Gasteiger charge is -2.14. The molecule has 0 saturated carbocycles. The monoisotopic (exact) mass is 249 g/mol. The Morgan fingerprint density at radius 2 is 1.71 bits per heavy atom. The molecule has 0 atom stereocenters. The van der Waals surface area contributed by atoms with Crippen LogP contribution in [0.2, 0.25) is 0 Å². The molecule has 7 heteroatoms. The van der Waals surface area contributed by atoms with Crippen LogP contribution in [0.15, 0.2) is 24.3 Å². The summed E-state index contributed by atoms with van der Waals surface area (Å²) in [7, 11) is 0. The van der Waals surface area contributed by atoms with Crippen LogP contribution in [0.5, 0.6) is 0 Å². The van der Waals surface area contributed by atoms with Crippen LogP contribution < -0.4 is 5.12 Å². The fraction of sp³-hybridized carbons (Fsp3) is 0.200. The Bertz CT molecular complexity index is 456. The number of Topliss-reactive ketones (excluding diaryl/α,β-unsaturated/α-hetero) is 1. The van der Waals surface area contributed by atoms with Gasteiger partial charge in [0, 0.05) is 6.92 Å². The predicted molar refractivity (Wildman–Crippen MR) is 51.1 cm³/mol. The van der Waals surface area contributed by atoms with Crippen LogP contribution in [0.1, 0.15) is 17.3 Å². The highest BCUT2D eigenvalue weighted by Crippen LogP contribution is 2.28. The second-order valence-corrected chi connectivity index (χ2v) is 3.14. The van der Waals surface area contributed by atoms with E-state index in [1.807, 2.05) is 0 Å². The van der Waals surface area contributed by atoms with E-state index in [1.54, 1.807) is 0 Å². The van der Waals surface area contributed by atoms with Crippen molar-refractivity contribution in [1.82, 2.24) is 0 Å². The van der Waals surface area contributed by atoms with Crippen molar-refractivity contribution in [3.05, 3.63) is 29.8 Å². The van der Waals surface area contributed by atoms with Crippen molar-refractivity contribution in [2.45, 2.75) is 13.1 Å². The van der Waals surface area contributed by atoms with Gasteiger partial charge in [-0.25, -0.2) is 0 Å². The van der Waals surface area contributed by atoms with Gasteiger partial charge in [0.15, 0.2) is 0 Å². The molecule has 1 rings (SSSR count). The summed E-state index contributed by atoms with van der Waals surface area (Å²) in [5.74, 6) is -3.32. The SMILES string of the molecule is CC(=O)N(F)c1ccccc1C(=O)C(F)(F)F. The van der Waals surface area contributed by atoms with E-state index in [-0.39, 0.29) is 0 Å². The maximum absolute atomic E-state index is 13.2. The normalized spacial score (nSPS) is 11.1. The highest BCUT2D eigenvalue weighted by Gasteiger charge is 2.41. The number of benzene rings is 1. The summed E-state index contributed by atoms with van der Waals surface area (Å²) in [6, 6.07) is 4.09. The molecule has 0 saturated heterocycles. The first kappa shape index (κ1) is 13.1. The molecule has 1 amide bonds. The summed E-state index contributed by atoms with van der Waals surface area (Å²) in [5, 5.41) is -0.501. The fourth-order valence-electron chi connectivity index (χ4n) is 1.16. The molecule has 1 aromatic rings. The Morgan fingerprint density at radius 1 is 1.18 bits per heavy atom. The molecule has 0 spiro atoms. The van der Waals surface area contributed by atoms with E-state index in [4.69, 9.17) is 0 Å². The van der Waals surface area contributed by atoms with Crippen LogP contribution in [-0.2, 0) is 4.79 Å². The largest absolute Gasteiger partial charge is 0.454 e. The number of carbonyl (C=O) groups excluding carboxylic acids is 2. The van der Waals surface area contributed by atoms with Crippen molar-refractivity contribution in [1.29, 1.82) is 0 Å². The minimum absolute atomic E-state index is 0.501. The maximum atomic E-state index is 13.2. The molecule has 0 aliphatic rings. The molecule has 0 aromatic heterocycles. The van der Waals surface area contributed by atoms with Crippen LogP contribution in [0, 0.1) is 0 Å². The number of anilines is 1. The molecule has 0 aliphatic heterocycles. The van der Waals surface area contributed by atoms with E-state index in [0.29, 0.717) is 0 Å². The molecule has 0 radical (unpaired) electrons. The average Bonchev–Trinajstić information content (AvgIpc) is 2.25. The minimum atomic E-state index is -5.12. The quantitative estimate of drug-likeness (QED) is 0.459. The third-order valence-electron chi connectivity index (χ3n) is 1.89. The lowest BCUT2D eigenvalue weighted by molar-refractivity contribution is -0.119. The van der Waals surface area contributed by atoms with Gasteiger partial charge < -0.3 is 0 Å². The Balaban J connectivity index is 3.26. The number of carbonyl (C=O) groups is 2. The third-order valence-corrected chi connectivity index (χ3v) is 1.89. The molecule has 92 valence electrons. The second-order valence-electron chi connectivity index (χ2n) is 3.14. The van der Waals surface area contributed by atoms with E-state index in [0.717, 1.165) is 25.1 Å². The van der Waals surface area contributed by atoms with E-state index in [2.05, 4.69) is 0 Å². The van der Waals surface area contributed by atoms with Crippen LogP contribution in [0.3, 0.4) is 0 Å². The first-order valence-corrected chi connectivity index (χ1v) is 4.42. The molecule has 0 fully saturated rings. The maximum Gasteiger partial charge on any atom is 0.454 e. The summed E-state index contributed by atoms with van der Waals surface area (Å²) in [5.41, 5.74) is -1.62. The first-order valence-electron chi connectivity index (χ1n) is 4.42. The van der Waals surface area contributed by atoms with Gasteiger partial charge in [0.25, 0.3) is 11.7 Å². The van der Waals surface area contributed by atoms with E-state index >= 15 is 0 Å². The van der Waals surface area contributed by atoms with E-state index < -0.39 is 34.2 Å². The van der Waals surface area contributed by atoms with Gasteiger partial charge in [-0.3, -0.25) is 9.59 Å². The van der Waals surface area contributed by atoms with Crippen LogP contribution >= 0.6 is 0 Å². The Hall–Kier alpha value is -1.92. The summed E-state index contributed by atoms with van der Waals surface area (Å²) >= 11 is 0. The highest BCUT2D eigenvalue weighted by atomic mass is 19.4. The van der Waals surface area contributed by atoms with Gasteiger partial charge in [0.2, 0.25) is 0 Å². The summed E-state index contributed by atoms with van der Waals surface area (Å²) in [6.07, 6.45) is -5.12. The van der Waals surface area contributed by atoms with Gasteiger partial charge in [-0.1, -0.05) is 16.6 Å². The highest BCUT2D eigenvalue weighted by molar-refractivity contribution is 6.07. The zero-order chi connectivity index (χ0) is 13.2. The van der Waals surface area contributed by atoms with Gasteiger partial charge >= 0.3 is 6.18 Å². The Labute approximate surface area is 93.6 Å². The van der Waals surface area contributed by atoms with E-state index in [9.17, 15) is 27.2 Å². The summed E-state index contributed by atoms with van der Waals surface area (Å²) in [6.45, 7) is 0.828. The van der Waals surface area contributed by atoms with Gasteiger partial charge in [-0.15, -0.1) is 5.12 Å². The lowest BCUT2D eigenvalue weighted by Crippen LogP contribution is -2.27. The molecule has 0 aliphatic carbocycles. The molecule has 3 nitrogen and oxygen atoms in total. The van der Waals surface area contributed by atoms with Gasteiger partial charge in [0.05, 0.1) is 11.3 Å². The number of hydrogen-bond acceptors (Lipinski definition) is 2. The summed E-state index contributed by atoms with van der Waals surface area (Å²) in [4.78, 5) is 21.7. The van der Waals surface area contributed by atoms with E-state index in [1.165, 1.54) is 6.07 Å². The van der Waals surface area contributed by atoms with Gasteiger partial charge in [-0.05, 0) is 12.1 Å². The summed E-state index contributed by atoms with van der Waals surface area (Å²) < 4.78 is 49.8. The molecule has 0 N–H and O–H groups in total. The van der Waals surface area contributed by atoms with Gasteiger partial charge in [-0.2, -0.15) is 13.2 Å². The Kier molecular flexibility index (Phi) is 3.50. The third kappa shape index (κ3) is 2.80. The number of alkyl halides is 3. The van der Waals surface area contributed by atoms with Crippen molar-refractivity contribution >= 4 is 17.4 Å². The molecule has 17 heavy (non-hydrogen) atoms. The molecule has 1 aromatic carbocycles. The van der Waals surface area contributed by atoms with Crippen LogP contribution in [0.25, 0.3) is 0 Å². The number of rotatable bonds is 2. The molecule has 0 unspecified atom stereocenters. The minimum Gasteiger partial charge on any atom is -0.284 e. The lowest BCUT2D eigenvalue weighted by atomic mass is 10.1. The smallest absolute Gasteiger partial charge is 0.284 e. The molecular weight excluding hydrogens is 242 g/mol. The van der Waals surface area contributed by atoms with Crippen molar-refractivity contribution < 1.29 is 27.2 Å². The molecular formula is C10H7F4NO2. The number of para-hydroxylation sites is 1. The number of nitrogens with zero attached hydrogens (tertiary/aromatic N) is 1. The predicted octanol–water partition coefficient (Wildman–Crippen LogP) is 2.67. The topological polar surface area (TPSA) is 37.4 Å². The van der Waals surface area contributed by atoms with Gasteiger partial charge in [0.1, 0.15) is 0 Å². The van der Waals surface area contributed by atoms with Crippen molar-refractivity contribution in [2.75, 3.05) is 5.12 Å². The average molecular weight is 249 g/mol. The number of hydrogen-bond donors (Lipinski definition) is 0. The fourth-order valence-corrected chi connectivity index (χ4v) is 1.16. The number of amides is 1. The second kappa shape index (κ2) is 4.52. The first-order chi connectivity index (χ1) is 7.75. The number of ketones is 1. The molecule has 0 bridgehead atoms. The molecule has 0 heterocycles. The van der Waals surface area contributed by atoms with Crippen molar-refractivity contribution in [3.8, 4) is 0 Å². The van der Waals surface area contributed by atoms with Crippen molar-refractivity contribution in [2.24, 2.45) is 0 Å². The number of halogens is 4. The van der Waals surface area contributed by atoms with Crippen LogP contribution in [-0.4, -0.2) is 17.9 Å². The standard InChI is InChI=1S/C10H7F4NO2/c1-6(16)15(14)8-5-3-2-4-7(8)9(17)10(11,12)13/h2-5H,1H3.